The zero-order chi connectivity index (χ0) is 13.9. The zero-order valence-corrected chi connectivity index (χ0v) is 11.8. The Morgan fingerprint density at radius 3 is 2.95 bits per heavy atom. The van der Waals surface area contributed by atoms with Gasteiger partial charge in [-0.3, -0.25) is 4.84 Å². The molecule has 4 fully saturated rings. The number of rotatable bonds is 1. The SMILES string of the molecule is c1cc2cc(N3NO[C@@]4(CC5CCC4CC5)N3)ccn2n1. The van der Waals surface area contributed by atoms with Crippen LogP contribution in [0.4, 0.5) is 5.69 Å². The number of nitrogens with zero attached hydrogens (tertiary/aromatic N) is 3. The van der Waals surface area contributed by atoms with E-state index in [4.69, 9.17) is 4.84 Å². The van der Waals surface area contributed by atoms with Crippen LogP contribution >= 0.6 is 0 Å². The summed E-state index contributed by atoms with van der Waals surface area (Å²) in [5.74, 6) is 1.42. The van der Waals surface area contributed by atoms with Crippen molar-refractivity contribution in [3.8, 4) is 0 Å². The lowest BCUT2D eigenvalue weighted by molar-refractivity contribution is -0.153. The summed E-state index contributed by atoms with van der Waals surface area (Å²) in [6.45, 7) is 0. The van der Waals surface area contributed by atoms with Gasteiger partial charge in [0.05, 0.1) is 11.2 Å². The molecule has 0 amide bonds. The van der Waals surface area contributed by atoms with Gasteiger partial charge in [0.2, 0.25) is 0 Å². The van der Waals surface area contributed by atoms with Crippen molar-refractivity contribution in [3.63, 3.8) is 0 Å². The number of hydrazine groups is 2. The van der Waals surface area contributed by atoms with Crippen LogP contribution in [0.25, 0.3) is 5.52 Å². The highest BCUT2D eigenvalue weighted by atomic mass is 16.7. The molecule has 0 radical (unpaired) electrons. The van der Waals surface area contributed by atoms with E-state index in [0.29, 0.717) is 5.92 Å². The summed E-state index contributed by atoms with van der Waals surface area (Å²) in [5.41, 5.74) is 8.55. The first-order valence-corrected chi connectivity index (χ1v) is 7.77. The van der Waals surface area contributed by atoms with Crippen molar-refractivity contribution in [1.82, 2.24) is 20.6 Å². The number of fused-ring (bicyclic) bond motifs is 3. The second-order valence-corrected chi connectivity index (χ2v) is 6.54. The second-order valence-electron chi connectivity index (χ2n) is 6.54. The molecule has 6 rings (SSSR count). The molecule has 1 saturated heterocycles. The van der Waals surface area contributed by atoms with Crippen LogP contribution in [0.2, 0.25) is 0 Å². The normalized spacial score (nSPS) is 35.1. The second kappa shape index (κ2) is 4.19. The Morgan fingerprint density at radius 1 is 1.24 bits per heavy atom. The van der Waals surface area contributed by atoms with Gasteiger partial charge in [-0.25, -0.2) is 9.63 Å². The molecule has 6 nitrogen and oxygen atoms in total. The van der Waals surface area contributed by atoms with E-state index in [1.807, 2.05) is 34.2 Å². The molecule has 0 aromatic carbocycles. The van der Waals surface area contributed by atoms with Crippen molar-refractivity contribution in [3.05, 3.63) is 30.6 Å². The number of hydrogen-bond donors (Lipinski definition) is 2. The van der Waals surface area contributed by atoms with Gasteiger partial charge in [-0.05, 0) is 56.2 Å². The highest BCUT2D eigenvalue weighted by molar-refractivity contribution is 5.58. The highest BCUT2D eigenvalue weighted by Gasteiger charge is 2.53. The largest absolute Gasteiger partial charge is 0.257 e. The fourth-order valence-corrected chi connectivity index (χ4v) is 4.22. The first-order valence-electron chi connectivity index (χ1n) is 7.77. The Balaban J connectivity index is 1.44. The summed E-state index contributed by atoms with van der Waals surface area (Å²) in [6, 6.07) is 6.12. The molecule has 2 N–H and O–H groups in total. The zero-order valence-electron chi connectivity index (χ0n) is 11.8. The third-order valence-electron chi connectivity index (χ3n) is 5.36. The summed E-state index contributed by atoms with van der Waals surface area (Å²) >= 11 is 0. The quantitative estimate of drug-likeness (QED) is 0.839. The molecule has 1 spiro atoms. The fourth-order valence-electron chi connectivity index (χ4n) is 4.22. The summed E-state index contributed by atoms with van der Waals surface area (Å²) in [6.07, 6.45) is 10.1. The highest BCUT2D eigenvalue weighted by Crippen LogP contribution is 2.49. The molecular weight excluding hydrogens is 266 g/mol. The van der Waals surface area contributed by atoms with E-state index < -0.39 is 0 Å². The Hall–Kier alpha value is -1.63. The predicted molar refractivity (Wildman–Crippen MR) is 77.8 cm³/mol. The number of hydrogen-bond acceptors (Lipinski definition) is 5. The molecule has 3 heterocycles. The molecule has 21 heavy (non-hydrogen) atoms. The summed E-state index contributed by atoms with van der Waals surface area (Å²) in [5, 5.41) is 6.14. The van der Waals surface area contributed by atoms with Crippen LogP contribution in [-0.4, -0.2) is 15.3 Å². The van der Waals surface area contributed by atoms with Crippen molar-refractivity contribution in [2.75, 3.05) is 5.12 Å². The maximum Gasteiger partial charge on any atom is 0.163 e. The third-order valence-corrected chi connectivity index (χ3v) is 5.36. The Labute approximate surface area is 123 Å². The monoisotopic (exact) mass is 285 g/mol. The standard InChI is InChI=1S/C15H19N5O/c1-3-12-4-2-11(1)10-15(12)17-20(18-21-15)14-6-8-19-13(9-14)5-7-16-19/h5-9,11-12,17-18H,1-4,10H2/t11?,12?,15-/m1/s1. The summed E-state index contributed by atoms with van der Waals surface area (Å²) in [7, 11) is 0. The Morgan fingerprint density at radius 2 is 2.14 bits per heavy atom. The van der Waals surface area contributed by atoms with Crippen LogP contribution in [-0.2, 0) is 4.84 Å². The van der Waals surface area contributed by atoms with Gasteiger partial charge in [0.1, 0.15) is 0 Å². The van der Waals surface area contributed by atoms with Crippen molar-refractivity contribution in [1.29, 1.82) is 0 Å². The molecule has 3 aliphatic carbocycles. The molecule has 1 aliphatic heterocycles. The van der Waals surface area contributed by atoms with E-state index in [9.17, 15) is 0 Å². The maximum atomic E-state index is 6.02. The molecule has 2 aromatic heterocycles. The molecule has 3 saturated carbocycles. The van der Waals surface area contributed by atoms with Gasteiger partial charge in [0.15, 0.2) is 5.72 Å². The minimum absolute atomic E-state index is 0.215. The average molecular weight is 285 g/mol. The molecule has 110 valence electrons. The molecule has 6 heteroatoms. The van der Waals surface area contributed by atoms with Gasteiger partial charge >= 0.3 is 0 Å². The summed E-state index contributed by atoms with van der Waals surface area (Å²) < 4.78 is 1.86. The predicted octanol–water partition coefficient (Wildman–Crippen LogP) is 2.00. The first-order chi connectivity index (χ1) is 10.3. The molecule has 1 atom stereocenters. The lowest BCUT2D eigenvalue weighted by atomic mass is 9.66. The molecule has 4 aliphatic rings. The van der Waals surface area contributed by atoms with E-state index in [0.717, 1.165) is 23.5 Å². The average Bonchev–Trinajstić information content (AvgIpc) is 3.15. The lowest BCUT2D eigenvalue weighted by Gasteiger charge is -2.47. The maximum absolute atomic E-state index is 6.02. The van der Waals surface area contributed by atoms with Gasteiger partial charge in [-0.15, -0.1) is 0 Å². The lowest BCUT2D eigenvalue weighted by Crippen LogP contribution is -2.57. The van der Waals surface area contributed by atoms with E-state index in [2.05, 4.69) is 22.2 Å². The van der Waals surface area contributed by atoms with Gasteiger partial charge in [-0.2, -0.15) is 10.5 Å². The van der Waals surface area contributed by atoms with Gasteiger partial charge in [0, 0.05) is 18.3 Å². The van der Waals surface area contributed by atoms with Crippen LogP contribution in [0.5, 0.6) is 0 Å². The Bertz CT molecular complexity index is 678. The van der Waals surface area contributed by atoms with Crippen LogP contribution in [0.15, 0.2) is 30.6 Å². The third kappa shape index (κ3) is 1.73. The molecule has 2 bridgehead atoms. The fraction of sp³-hybridized carbons (Fsp3) is 0.533. The van der Waals surface area contributed by atoms with Gasteiger partial charge in [-0.1, -0.05) is 5.59 Å². The van der Waals surface area contributed by atoms with E-state index in [1.54, 1.807) is 0 Å². The van der Waals surface area contributed by atoms with Gasteiger partial charge < -0.3 is 0 Å². The Kier molecular flexibility index (Phi) is 2.39. The molecule has 2 aromatic rings. The number of pyridine rings is 1. The van der Waals surface area contributed by atoms with E-state index in [1.165, 1.54) is 25.7 Å². The molecular formula is C15H19N5O. The van der Waals surface area contributed by atoms with Gasteiger partial charge in [0.25, 0.3) is 0 Å². The van der Waals surface area contributed by atoms with Crippen molar-refractivity contribution in [2.45, 2.75) is 37.8 Å². The number of anilines is 1. The van der Waals surface area contributed by atoms with Crippen molar-refractivity contribution < 1.29 is 4.84 Å². The van der Waals surface area contributed by atoms with Crippen molar-refractivity contribution >= 4 is 11.2 Å². The number of nitrogens with one attached hydrogen (secondary N) is 2. The summed E-state index contributed by atoms with van der Waals surface area (Å²) in [4.78, 5) is 6.02. The van der Waals surface area contributed by atoms with E-state index >= 15 is 0 Å². The van der Waals surface area contributed by atoms with Crippen LogP contribution < -0.4 is 16.1 Å². The minimum atomic E-state index is -0.215. The van der Waals surface area contributed by atoms with E-state index in [-0.39, 0.29) is 5.72 Å². The van der Waals surface area contributed by atoms with Crippen LogP contribution in [0, 0.1) is 11.8 Å². The smallest absolute Gasteiger partial charge is 0.163 e. The first kappa shape index (κ1) is 12.0. The van der Waals surface area contributed by atoms with Crippen LogP contribution in [0.1, 0.15) is 32.1 Å². The van der Waals surface area contributed by atoms with Crippen molar-refractivity contribution in [2.24, 2.45) is 11.8 Å². The molecule has 0 unspecified atom stereocenters. The number of aromatic nitrogens is 2. The minimum Gasteiger partial charge on any atom is -0.257 e. The van der Waals surface area contributed by atoms with Crippen LogP contribution in [0.3, 0.4) is 0 Å². The topological polar surface area (TPSA) is 53.8 Å².